The van der Waals surface area contributed by atoms with Crippen LogP contribution >= 0.6 is 0 Å². The highest BCUT2D eigenvalue weighted by molar-refractivity contribution is 5.76. The van der Waals surface area contributed by atoms with E-state index < -0.39 is 11.4 Å². The summed E-state index contributed by atoms with van der Waals surface area (Å²) < 4.78 is 10.8. The van der Waals surface area contributed by atoms with Gasteiger partial charge in [-0.25, -0.2) is 0 Å². The summed E-state index contributed by atoms with van der Waals surface area (Å²) in [6.07, 6.45) is 1.64. The highest BCUT2D eigenvalue weighted by Gasteiger charge is 2.40. The number of hydrogen-bond acceptors (Lipinski definition) is 3. The van der Waals surface area contributed by atoms with Crippen molar-refractivity contribution in [3.05, 3.63) is 54.1 Å². The van der Waals surface area contributed by atoms with E-state index in [-0.39, 0.29) is 0 Å². The van der Waals surface area contributed by atoms with Gasteiger partial charge in [-0.2, -0.15) is 0 Å². The van der Waals surface area contributed by atoms with Crippen LogP contribution in [0.3, 0.4) is 0 Å². The maximum absolute atomic E-state index is 11.9. The zero-order chi connectivity index (χ0) is 17.0. The van der Waals surface area contributed by atoms with Gasteiger partial charge in [0.2, 0.25) is 0 Å². The Morgan fingerprint density at radius 3 is 2.62 bits per heavy atom. The standard InChI is InChI=1S/C20H22O4/c1-23-18-8-3-2-7-17(18)16-6-4-5-15(13-16)14-20(19(21)22)9-11-24-12-10-20/h2-8,13H,9-12,14H2,1H3,(H,21,22). The Morgan fingerprint density at radius 2 is 1.92 bits per heavy atom. The lowest BCUT2D eigenvalue weighted by molar-refractivity contribution is -0.154. The van der Waals surface area contributed by atoms with Gasteiger partial charge in [0.1, 0.15) is 5.75 Å². The topological polar surface area (TPSA) is 55.8 Å². The van der Waals surface area contributed by atoms with Gasteiger partial charge in [-0.15, -0.1) is 0 Å². The number of carboxylic acids is 1. The molecular formula is C20H22O4. The van der Waals surface area contributed by atoms with Crippen molar-refractivity contribution in [2.24, 2.45) is 5.41 Å². The number of para-hydroxylation sites is 1. The van der Waals surface area contributed by atoms with Crippen LogP contribution in [0.4, 0.5) is 0 Å². The summed E-state index contributed by atoms with van der Waals surface area (Å²) in [4.78, 5) is 11.9. The Bertz CT molecular complexity index is 717. The number of aliphatic carboxylic acids is 1. The maximum atomic E-state index is 11.9. The molecule has 0 atom stereocenters. The second-order valence-corrected chi connectivity index (χ2v) is 6.28. The van der Waals surface area contributed by atoms with Crippen molar-refractivity contribution < 1.29 is 19.4 Å². The summed E-state index contributed by atoms with van der Waals surface area (Å²) in [7, 11) is 1.66. The fraction of sp³-hybridized carbons (Fsp3) is 0.350. The van der Waals surface area contributed by atoms with Crippen molar-refractivity contribution in [2.45, 2.75) is 19.3 Å². The number of ether oxygens (including phenoxy) is 2. The van der Waals surface area contributed by atoms with Crippen LogP contribution in [0.15, 0.2) is 48.5 Å². The smallest absolute Gasteiger partial charge is 0.310 e. The first-order chi connectivity index (χ1) is 11.6. The molecule has 1 N–H and O–H groups in total. The molecule has 2 aromatic rings. The van der Waals surface area contributed by atoms with E-state index in [4.69, 9.17) is 9.47 Å². The summed E-state index contributed by atoms with van der Waals surface area (Å²) in [5.74, 6) is 0.0853. The van der Waals surface area contributed by atoms with E-state index in [1.165, 1.54) is 0 Å². The molecule has 126 valence electrons. The van der Waals surface area contributed by atoms with Crippen LogP contribution < -0.4 is 4.74 Å². The van der Waals surface area contributed by atoms with E-state index in [1.54, 1.807) is 7.11 Å². The Hall–Kier alpha value is -2.33. The van der Waals surface area contributed by atoms with Crippen LogP contribution in [0.2, 0.25) is 0 Å². The van der Waals surface area contributed by atoms with Crippen molar-refractivity contribution >= 4 is 5.97 Å². The molecule has 0 amide bonds. The van der Waals surface area contributed by atoms with E-state index in [0.717, 1.165) is 22.4 Å². The number of hydrogen-bond donors (Lipinski definition) is 1. The monoisotopic (exact) mass is 326 g/mol. The first-order valence-electron chi connectivity index (χ1n) is 8.18. The Morgan fingerprint density at radius 1 is 1.17 bits per heavy atom. The van der Waals surface area contributed by atoms with Gasteiger partial charge in [0.25, 0.3) is 0 Å². The van der Waals surface area contributed by atoms with Crippen molar-refractivity contribution in [1.82, 2.24) is 0 Å². The third-order valence-electron chi connectivity index (χ3n) is 4.79. The molecule has 0 spiro atoms. The molecule has 1 aliphatic rings. The number of rotatable bonds is 5. The molecule has 1 heterocycles. The minimum atomic E-state index is -0.728. The van der Waals surface area contributed by atoms with Gasteiger partial charge in [-0.1, -0.05) is 42.5 Å². The highest BCUT2D eigenvalue weighted by atomic mass is 16.5. The number of benzene rings is 2. The van der Waals surface area contributed by atoms with E-state index in [9.17, 15) is 9.90 Å². The number of carbonyl (C=O) groups is 1. The van der Waals surface area contributed by atoms with Gasteiger partial charge < -0.3 is 14.6 Å². The second-order valence-electron chi connectivity index (χ2n) is 6.28. The summed E-state index contributed by atoms with van der Waals surface area (Å²) in [5.41, 5.74) is 2.36. The second kappa shape index (κ2) is 7.05. The van der Waals surface area contributed by atoms with E-state index in [1.807, 2.05) is 42.5 Å². The van der Waals surface area contributed by atoms with Gasteiger partial charge in [-0.3, -0.25) is 4.79 Å². The summed E-state index contributed by atoms with van der Waals surface area (Å²) in [6, 6.07) is 15.9. The SMILES string of the molecule is COc1ccccc1-c1cccc(CC2(C(=O)O)CCOCC2)c1. The normalized spacial score (nSPS) is 16.5. The summed E-state index contributed by atoms with van der Waals surface area (Å²) in [5, 5.41) is 9.74. The van der Waals surface area contributed by atoms with Crippen LogP contribution in [0, 0.1) is 5.41 Å². The average molecular weight is 326 g/mol. The van der Waals surface area contributed by atoms with Gasteiger partial charge in [0.15, 0.2) is 0 Å². The quantitative estimate of drug-likeness (QED) is 0.908. The summed E-state index contributed by atoms with van der Waals surface area (Å²) >= 11 is 0. The Balaban J connectivity index is 1.91. The van der Waals surface area contributed by atoms with Gasteiger partial charge in [0.05, 0.1) is 12.5 Å². The predicted octanol–water partition coefficient (Wildman–Crippen LogP) is 3.79. The maximum Gasteiger partial charge on any atom is 0.310 e. The molecule has 3 rings (SSSR count). The minimum absolute atomic E-state index is 0.512. The molecule has 4 heteroatoms. The van der Waals surface area contributed by atoms with E-state index in [0.29, 0.717) is 32.5 Å². The van der Waals surface area contributed by atoms with E-state index >= 15 is 0 Å². The van der Waals surface area contributed by atoms with Crippen LogP contribution in [0.1, 0.15) is 18.4 Å². The predicted molar refractivity (Wildman–Crippen MR) is 92.3 cm³/mol. The van der Waals surface area contributed by atoms with Gasteiger partial charge in [0, 0.05) is 18.8 Å². The lowest BCUT2D eigenvalue weighted by atomic mass is 9.75. The molecule has 0 bridgehead atoms. The first kappa shape index (κ1) is 16.5. The molecule has 2 aromatic carbocycles. The highest BCUT2D eigenvalue weighted by Crippen LogP contribution is 2.36. The van der Waals surface area contributed by atoms with E-state index in [2.05, 4.69) is 6.07 Å². The third kappa shape index (κ3) is 3.29. The van der Waals surface area contributed by atoms with Crippen molar-refractivity contribution in [2.75, 3.05) is 20.3 Å². The zero-order valence-corrected chi connectivity index (χ0v) is 13.8. The summed E-state index contributed by atoms with van der Waals surface area (Å²) in [6.45, 7) is 1.02. The fourth-order valence-electron chi connectivity index (χ4n) is 3.35. The molecular weight excluding hydrogens is 304 g/mol. The molecule has 0 aromatic heterocycles. The lowest BCUT2D eigenvalue weighted by Crippen LogP contribution is -2.39. The fourth-order valence-corrected chi connectivity index (χ4v) is 3.35. The molecule has 1 fully saturated rings. The third-order valence-corrected chi connectivity index (χ3v) is 4.79. The van der Waals surface area contributed by atoms with Crippen molar-refractivity contribution in [3.63, 3.8) is 0 Å². The lowest BCUT2D eigenvalue weighted by Gasteiger charge is -2.33. The molecule has 0 saturated carbocycles. The number of carboxylic acid groups (broad SMARTS) is 1. The van der Waals surface area contributed by atoms with Crippen LogP contribution in [0.5, 0.6) is 5.75 Å². The molecule has 0 unspecified atom stereocenters. The first-order valence-corrected chi connectivity index (χ1v) is 8.18. The van der Waals surface area contributed by atoms with Gasteiger partial charge >= 0.3 is 5.97 Å². The zero-order valence-electron chi connectivity index (χ0n) is 13.8. The molecule has 4 nitrogen and oxygen atoms in total. The van der Waals surface area contributed by atoms with Crippen LogP contribution in [-0.4, -0.2) is 31.4 Å². The minimum Gasteiger partial charge on any atom is -0.496 e. The van der Waals surface area contributed by atoms with Gasteiger partial charge in [-0.05, 0) is 36.5 Å². The average Bonchev–Trinajstić information content (AvgIpc) is 2.62. The molecule has 0 aliphatic carbocycles. The van der Waals surface area contributed by atoms with Crippen molar-refractivity contribution in [3.8, 4) is 16.9 Å². The molecule has 1 saturated heterocycles. The molecule has 0 radical (unpaired) electrons. The molecule has 1 aliphatic heterocycles. The number of methoxy groups -OCH3 is 1. The van der Waals surface area contributed by atoms with Crippen molar-refractivity contribution in [1.29, 1.82) is 0 Å². The largest absolute Gasteiger partial charge is 0.496 e. The van der Waals surface area contributed by atoms with Crippen LogP contribution in [-0.2, 0) is 16.0 Å². The molecule has 24 heavy (non-hydrogen) atoms. The Kier molecular flexibility index (Phi) is 4.86. The Labute approximate surface area is 142 Å². The van der Waals surface area contributed by atoms with Crippen LogP contribution in [0.25, 0.3) is 11.1 Å².